The van der Waals surface area contributed by atoms with Crippen LogP contribution in [-0.2, 0) is 27.3 Å². The van der Waals surface area contributed by atoms with Crippen molar-refractivity contribution < 1.29 is 19.4 Å². The molecule has 1 saturated heterocycles. The number of ether oxygens (including phenoxy) is 2. The van der Waals surface area contributed by atoms with Crippen LogP contribution in [0.15, 0.2) is 66.7 Å². The van der Waals surface area contributed by atoms with Crippen molar-refractivity contribution in [3.05, 3.63) is 77.9 Å². The lowest BCUT2D eigenvalue weighted by molar-refractivity contribution is -0.164. The molecule has 1 aliphatic rings. The number of morpholine rings is 1. The van der Waals surface area contributed by atoms with E-state index in [1.54, 1.807) is 0 Å². The van der Waals surface area contributed by atoms with Crippen LogP contribution in [0.4, 0.5) is 5.69 Å². The Morgan fingerprint density at radius 2 is 1.67 bits per heavy atom. The van der Waals surface area contributed by atoms with Crippen LogP contribution < -0.4 is 4.90 Å². The molecule has 0 radical (unpaired) electrons. The molecule has 30 heavy (non-hydrogen) atoms. The van der Waals surface area contributed by atoms with Crippen LogP contribution in [-0.4, -0.2) is 43.0 Å². The summed E-state index contributed by atoms with van der Waals surface area (Å²) in [6.45, 7) is 4.81. The van der Waals surface area contributed by atoms with Gasteiger partial charge < -0.3 is 19.5 Å². The SMILES string of the molecule is CC(O)(Cc1ccc(N2CCOCC2)c2ccccc12)C(=O)OCc1ccccc1. The van der Waals surface area contributed by atoms with Crippen LogP contribution in [0.1, 0.15) is 18.1 Å². The van der Waals surface area contributed by atoms with Crippen molar-refractivity contribution >= 4 is 22.4 Å². The minimum atomic E-state index is -1.61. The molecule has 1 aliphatic heterocycles. The lowest BCUT2D eigenvalue weighted by Crippen LogP contribution is -2.39. The third-order valence-corrected chi connectivity index (χ3v) is 5.53. The van der Waals surface area contributed by atoms with Crippen molar-refractivity contribution in [2.45, 2.75) is 25.6 Å². The van der Waals surface area contributed by atoms with Crippen molar-refractivity contribution in [1.82, 2.24) is 0 Å². The van der Waals surface area contributed by atoms with Gasteiger partial charge in [-0.2, -0.15) is 0 Å². The van der Waals surface area contributed by atoms with Gasteiger partial charge in [0.15, 0.2) is 5.60 Å². The van der Waals surface area contributed by atoms with E-state index in [1.165, 1.54) is 6.92 Å². The quantitative estimate of drug-likeness (QED) is 0.634. The van der Waals surface area contributed by atoms with E-state index in [0.717, 1.165) is 53.9 Å². The fraction of sp³-hybridized carbons (Fsp3) is 0.320. The standard InChI is InChI=1S/C25H27NO4/c1-25(28,24(27)30-18-19-7-3-2-4-8-19)17-20-11-12-23(26-13-15-29-16-14-26)22-10-6-5-9-21(20)22/h2-12,28H,13-18H2,1H3. The summed E-state index contributed by atoms with van der Waals surface area (Å²) >= 11 is 0. The summed E-state index contributed by atoms with van der Waals surface area (Å²) in [6.07, 6.45) is 0.185. The summed E-state index contributed by atoms with van der Waals surface area (Å²) in [5, 5.41) is 13.0. The topological polar surface area (TPSA) is 59.0 Å². The first-order valence-corrected chi connectivity index (χ1v) is 10.3. The van der Waals surface area contributed by atoms with Gasteiger partial charge in [-0.25, -0.2) is 4.79 Å². The molecule has 0 amide bonds. The maximum atomic E-state index is 12.6. The average molecular weight is 405 g/mol. The van der Waals surface area contributed by atoms with Gasteiger partial charge in [0.05, 0.1) is 13.2 Å². The predicted octanol–water partition coefficient (Wildman–Crippen LogP) is 3.71. The Hall–Kier alpha value is -2.89. The molecule has 0 aromatic heterocycles. The van der Waals surface area contributed by atoms with Gasteiger partial charge >= 0.3 is 5.97 Å². The minimum absolute atomic E-state index is 0.145. The highest BCUT2D eigenvalue weighted by molar-refractivity contribution is 5.97. The summed E-state index contributed by atoms with van der Waals surface area (Å²) in [7, 11) is 0. The molecule has 0 saturated carbocycles. The number of benzene rings is 3. The number of anilines is 1. The third kappa shape index (κ3) is 4.48. The molecule has 1 heterocycles. The molecular weight excluding hydrogens is 378 g/mol. The highest BCUT2D eigenvalue weighted by Gasteiger charge is 2.33. The molecule has 1 atom stereocenters. The molecule has 0 spiro atoms. The zero-order valence-corrected chi connectivity index (χ0v) is 17.2. The Kier molecular flexibility index (Phi) is 6.02. The lowest BCUT2D eigenvalue weighted by atomic mass is 9.92. The Labute approximate surface area is 176 Å². The van der Waals surface area contributed by atoms with Gasteiger partial charge in [-0.05, 0) is 29.5 Å². The fourth-order valence-corrected chi connectivity index (χ4v) is 3.90. The molecule has 1 unspecified atom stereocenters. The van der Waals surface area contributed by atoms with Gasteiger partial charge in [0.1, 0.15) is 6.61 Å². The Balaban J connectivity index is 1.54. The van der Waals surface area contributed by atoms with Crippen LogP contribution in [0.25, 0.3) is 10.8 Å². The van der Waals surface area contributed by atoms with Crippen molar-refractivity contribution in [3.8, 4) is 0 Å². The first kappa shape index (κ1) is 20.4. The highest BCUT2D eigenvalue weighted by atomic mass is 16.5. The molecule has 1 fully saturated rings. The molecule has 3 aromatic carbocycles. The summed E-state index contributed by atoms with van der Waals surface area (Å²) in [6, 6.07) is 21.7. The monoisotopic (exact) mass is 405 g/mol. The number of hydrogen-bond donors (Lipinski definition) is 1. The average Bonchev–Trinajstić information content (AvgIpc) is 2.79. The third-order valence-electron chi connectivity index (χ3n) is 5.53. The van der Waals surface area contributed by atoms with Crippen molar-refractivity contribution in [2.75, 3.05) is 31.2 Å². The maximum Gasteiger partial charge on any atom is 0.338 e. The second kappa shape index (κ2) is 8.86. The number of fused-ring (bicyclic) bond motifs is 1. The maximum absolute atomic E-state index is 12.6. The van der Waals surface area contributed by atoms with Gasteiger partial charge in [-0.1, -0.05) is 60.7 Å². The molecule has 1 N–H and O–H groups in total. The van der Waals surface area contributed by atoms with Gasteiger partial charge in [-0.3, -0.25) is 0 Å². The van der Waals surface area contributed by atoms with Gasteiger partial charge in [0.25, 0.3) is 0 Å². The summed E-state index contributed by atoms with van der Waals surface area (Å²) in [5.74, 6) is -0.618. The van der Waals surface area contributed by atoms with E-state index in [-0.39, 0.29) is 13.0 Å². The molecule has 0 bridgehead atoms. The molecule has 0 aliphatic carbocycles. The number of esters is 1. The van der Waals surface area contributed by atoms with Crippen LogP contribution in [0.2, 0.25) is 0 Å². The van der Waals surface area contributed by atoms with Crippen molar-refractivity contribution in [2.24, 2.45) is 0 Å². The lowest BCUT2D eigenvalue weighted by Gasteiger charge is -2.30. The molecule has 5 heteroatoms. The van der Waals surface area contributed by atoms with E-state index in [4.69, 9.17) is 9.47 Å². The number of carbonyl (C=O) groups excluding carboxylic acids is 1. The molecule has 156 valence electrons. The first-order chi connectivity index (χ1) is 14.5. The number of hydrogen-bond acceptors (Lipinski definition) is 5. The van der Waals surface area contributed by atoms with E-state index in [2.05, 4.69) is 17.0 Å². The number of nitrogens with zero attached hydrogens (tertiary/aromatic N) is 1. The Morgan fingerprint density at radius 1 is 1.00 bits per heavy atom. The van der Waals surface area contributed by atoms with E-state index < -0.39 is 11.6 Å². The largest absolute Gasteiger partial charge is 0.459 e. The first-order valence-electron chi connectivity index (χ1n) is 10.3. The normalized spacial score (nSPS) is 16.3. The number of rotatable bonds is 6. The molecule has 3 aromatic rings. The zero-order chi connectivity index (χ0) is 21.0. The van der Waals surface area contributed by atoms with E-state index in [1.807, 2.05) is 54.6 Å². The summed E-state index contributed by atoms with van der Waals surface area (Å²) in [4.78, 5) is 14.9. The second-order valence-electron chi connectivity index (χ2n) is 7.90. The van der Waals surface area contributed by atoms with Crippen LogP contribution in [0, 0.1) is 0 Å². The zero-order valence-electron chi connectivity index (χ0n) is 17.2. The summed E-state index contributed by atoms with van der Waals surface area (Å²) < 4.78 is 10.9. The van der Waals surface area contributed by atoms with Gasteiger partial charge in [0.2, 0.25) is 0 Å². The van der Waals surface area contributed by atoms with E-state index in [0.29, 0.717) is 0 Å². The van der Waals surface area contributed by atoms with Gasteiger partial charge in [0, 0.05) is 30.6 Å². The van der Waals surface area contributed by atoms with Gasteiger partial charge in [-0.15, -0.1) is 0 Å². The number of aliphatic hydroxyl groups is 1. The van der Waals surface area contributed by atoms with Crippen molar-refractivity contribution in [1.29, 1.82) is 0 Å². The molecular formula is C25H27NO4. The highest BCUT2D eigenvalue weighted by Crippen LogP contribution is 2.32. The summed E-state index contributed by atoms with van der Waals surface area (Å²) in [5.41, 5.74) is 1.35. The Morgan fingerprint density at radius 3 is 2.40 bits per heavy atom. The number of carbonyl (C=O) groups is 1. The Bertz CT molecular complexity index is 1010. The second-order valence-corrected chi connectivity index (χ2v) is 7.90. The van der Waals surface area contributed by atoms with Crippen LogP contribution in [0.3, 0.4) is 0 Å². The van der Waals surface area contributed by atoms with Crippen molar-refractivity contribution in [3.63, 3.8) is 0 Å². The predicted molar refractivity (Wildman–Crippen MR) is 118 cm³/mol. The fourth-order valence-electron chi connectivity index (χ4n) is 3.90. The van der Waals surface area contributed by atoms with E-state index >= 15 is 0 Å². The smallest absolute Gasteiger partial charge is 0.338 e. The van der Waals surface area contributed by atoms with Crippen LogP contribution in [0.5, 0.6) is 0 Å². The van der Waals surface area contributed by atoms with Crippen LogP contribution >= 0.6 is 0 Å². The van der Waals surface area contributed by atoms with E-state index in [9.17, 15) is 9.90 Å². The molecule has 5 nitrogen and oxygen atoms in total. The minimum Gasteiger partial charge on any atom is -0.459 e. The molecule has 4 rings (SSSR count).